The van der Waals surface area contributed by atoms with E-state index in [4.69, 9.17) is 4.42 Å². The van der Waals surface area contributed by atoms with Crippen LogP contribution in [0.1, 0.15) is 27.4 Å². The van der Waals surface area contributed by atoms with Gasteiger partial charge in [0.1, 0.15) is 23.2 Å². The second-order valence-corrected chi connectivity index (χ2v) is 4.29. The highest BCUT2D eigenvalue weighted by atomic mass is 19.1. The fourth-order valence-electron chi connectivity index (χ4n) is 1.90. The van der Waals surface area contributed by atoms with Crippen molar-refractivity contribution in [2.24, 2.45) is 0 Å². The van der Waals surface area contributed by atoms with Gasteiger partial charge in [0.15, 0.2) is 0 Å². The molecule has 1 aromatic heterocycles. The van der Waals surface area contributed by atoms with Crippen LogP contribution in [0.2, 0.25) is 0 Å². The van der Waals surface area contributed by atoms with E-state index in [0.717, 1.165) is 12.1 Å². The van der Waals surface area contributed by atoms with Crippen molar-refractivity contribution in [2.75, 3.05) is 5.32 Å². The van der Waals surface area contributed by atoms with Crippen LogP contribution in [0.5, 0.6) is 0 Å². The van der Waals surface area contributed by atoms with E-state index in [2.05, 4.69) is 5.32 Å². The summed E-state index contributed by atoms with van der Waals surface area (Å²) in [6, 6.07) is 2.98. The van der Waals surface area contributed by atoms with Crippen molar-refractivity contribution in [1.82, 2.24) is 0 Å². The minimum Gasteiger partial charge on any atom is -0.466 e. The van der Waals surface area contributed by atoms with Gasteiger partial charge in [-0.2, -0.15) is 0 Å². The number of amides is 1. The van der Waals surface area contributed by atoms with E-state index in [1.807, 2.05) is 0 Å². The molecule has 100 valence electrons. The third-order valence-corrected chi connectivity index (χ3v) is 2.97. The zero-order valence-corrected chi connectivity index (χ0v) is 10.8. The molecule has 0 aliphatic rings. The van der Waals surface area contributed by atoms with Crippen LogP contribution >= 0.6 is 0 Å². The maximum absolute atomic E-state index is 13.5. The van der Waals surface area contributed by atoms with Crippen LogP contribution < -0.4 is 5.32 Å². The van der Waals surface area contributed by atoms with E-state index < -0.39 is 17.5 Å². The first-order valence-corrected chi connectivity index (χ1v) is 5.73. The second-order valence-electron chi connectivity index (χ2n) is 4.29. The number of carbonyl (C=O) groups is 1. The molecule has 0 saturated heterocycles. The standard InChI is InChI=1S/C14H13F2NO2/c1-7-8(2)19-9(3)13(7)14(18)17-12-5-4-10(15)6-11(12)16/h4-6H,1-3H3,(H,17,18). The van der Waals surface area contributed by atoms with Crippen LogP contribution in [-0.2, 0) is 0 Å². The van der Waals surface area contributed by atoms with Crippen LogP contribution in [0.3, 0.4) is 0 Å². The van der Waals surface area contributed by atoms with Crippen molar-refractivity contribution >= 4 is 11.6 Å². The van der Waals surface area contributed by atoms with Gasteiger partial charge in [0.2, 0.25) is 0 Å². The molecule has 0 radical (unpaired) electrons. The molecule has 1 amide bonds. The summed E-state index contributed by atoms with van der Waals surface area (Å²) in [4.78, 5) is 12.1. The number of halogens is 2. The van der Waals surface area contributed by atoms with Gasteiger partial charge in [-0.3, -0.25) is 4.79 Å². The Morgan fingerprint density at radius 2 is 1.84 bits per heavy atom. The molecule has 5 heteroatoms. The molecule has 0 saturated carbocycles. The molecule has 1 heterocycles. The van der Waals surface area contributed by atoms with E-state index in [1.54, 1.807) is 20.8 Å². The number of hydrogen-bond acceptors (Lipinski definition) is 2. The first-order valence-electron chi connectivity index (χ1n) is 5.73. The third kappa shape index (κ3) is 2.50. The Morgan fingerprint density at radius 3 is 2.37 bits per heavy atom. The fourth-order valence-corrected chi connectivity index (χ4v) is 1.90. The minimum absolute atomic E-state index is 0.0657. The van der Waals surface area contributed by atoms with Crippen molar-refractivity contribution in [3.05, 3.63) is 52.5 Å². The zero-order valence-electron chi connectivity index (χ0n) is 10.8. The highest BCUT2D eigenvalue weighted by molar-refractivity contribution is 6.06. The minimum atomic E-state index is -0.816. The normalized spacial score (nSPS) is 10.6. The summed E-state index contributed by atoms with van der Waals surface area (Å²) in [7, 11) is 0. The monoisotopic (exact) mass is 265 g/mol. The lowest BCUT2D eigenvalue weighted by molar-refractivity contribution is 0.102. The number of hydrogen-bond donors (Lipinski definition) is 1. The molecule has 0 aliphatic heterocycles. The quantitative estimate of drug-likeness (QED) is 0.898. The summed E-state index contributed by atoms with van der Waals surface area (Å²) in [6.45, 7) is 5.16. The third-order valence-electron chi connectivity index (χ3n) is 2.97. The van der Waals surface area contributed by atoms with Crippen molar-refractivity contribution in [1.29, 1.82) is 0 Å². The lowest BCUT2D eigenvalue weighted by Gasteiger charge is -2.06. The van der Waals surface area contributed by atoms with Gasteiger partial charge in [-0.05, 0) is 32.9 Å². The molecule has 3 nitrogen and oxygen atoms in total. The van der Waals surface area contributed by atoms with Gasteiger partial charge in [0.25, 0.3) is 5.91 Å². The molecule has 0 spiro atoms. The number of benzene rings is 1. The molecule has 1 aromatic carbocycles. The van der Waals surface area contributed by atoms with Gasteiger partial charge >= 0.3 is 0 Å². The summed E-state index contributed by atoms with van der Waals surface area (Å²) in [5.74, 6) is -0.875. The van der Waals surface area contributed by atoms with E-state index in [0.29, 0.717) is 22.6 Å². The van der Waals surface area contributed by atoms with Gasteiger partial charge in [-0.1, -0.05) is 0 Å². The van der Waals surface area contributed by atoms with Crippen LogP contribution in [0.4, 0.5) is 14.5 Å². The van der Waals surface area contributed by atoms with Gasteiger partial charge < -0.3 is 9.73 Å². The van der Waals surface area contributed by atoms with Crippen molar-refractivity contribution in [3.8, 4) is 0 Å². The predicted octanol–water partition coefficient (Wildman–Crippen LogP) is 3.74. The van der Waals surface area contributed by atoms with Crippen LogP contribution in [0.25, 0.3) is 0 Å². The Labute approximate surface area is 109 Å². The fraction of sp³-hybridized carbons (Fsp3) is 0.214. The number of rotatable bonds is 2. The molecular weight excluding hydrogens is 252 g/mol. The Bertz CT molecular complexity index is 647. The average Bonchev–Trinajstić information content (AvgIpc) is 2.57. The summed E-state index contributed by atoms with van der Waals surface area (Å²) >= 11 is 0. The summed E-state index contributed by atoms with van der Waals surface area (Å²) < 4.78 is 31.6. The topological polar surface area (TPSA) is 42.2 Å². The van der Waals surface area contributed by atoms with Gasteiger partial charge in [-0.15, -0.1) is 0 Å². The van der Waals surface area contributed by atoms with E-state index in [1.165, 1.54) is 6.07 Å². The van der Waals surface area contributed by atoms with Gasteiger partial charge in [0, 0.05) is 11.6 Å². The Kier molecular flexibility index (Phi) is 3.38. The zero-order chi connectivity index (χ0) is 14.2. The Morgan fingerprint density at radius 1 is 1.16 bits per heavy atom. The molecule has 1 N–H and O–H groups in total. The molecule has 2 rings (SSSR count). The largest absolute Gasteiger partial charge is 0.466 e. The number of furan rings is 1. The lowest BCUT2D eigenvalue weighted by Crippen LogP contribution is -2.14. The predicted molar refractivity (Wildman–Crippen MR) is 67.2 cm³/mol. The second kappa shape index (κ2) is 4.84. The maximum atomic E-state index is 13.5. The molecule has 0 aliphatic carbocycles. The molecule has 0 bridgehead atoms. The number of aryl methyl sites for hydroxylation is 2. The SMILES string of the molecule is Cc1oc(C)c(C(=O)Nc2ccc(F)cc2F)c1C. The number of anilines is 1. The first kappa shape index (κ1) is 13.3. The molecule has 0 fully saturated rings. The smallest absolute Gasteiger partial charge is 0.259 e. The maximum Gasteiger partial charge on any atom is 0.259 e. The molecule has 0 atom stereocenters. The number of carbonyl (C=O) groups excluding carboxylic acids is 1. The highest BCUT2D eigenvalue weighted by Crippen LogP contribution is 2.23. The number of nitrogens with one attached hydrogen (secondary N) is 1. The van der Waals surface area contributed by atoms with E-state index >= 15 is 0 Å². The van der Waals surface area contributed by atoms with Crippen LogP contribution in [0.15, 0.2) is 22.6 Å². The van der Waals surface area contributed by atoms with Crippen molar-refractivity contribution < 1.29 is 18.0 Å². The van der Waals surface area contributed by atoms with Crippen LogP contribution in [-0.4, -0.2) is 5.91 Å². The van der Waals surface area contributed by atoms with Crippen LogP contribution in [0, 0.1) is 32.4 Å². The average molecular weight is 265 g/mol. The van der Waals surface area contributed by atoms with E-state index in [9.17, 15) is 13.6 Å². The van der Waals surface area contributed by atoms with Crippen molar-refractivity contribution in [2.45, 2.75) is 20.8 Å². The molecular formula is C14H13F2NO2. The lowest BCUT2D eigenvalue weighted by atomic mass is 10.1. The highest BCUT2D eigenvalue weighted by Gasteiger charge is 2.19. The van der Waals surface area contributed by atoms with E-state index in [-0.39, 0.29) is 5.69 Å². The summed E-state index contributed by atoms with van der Waals surface area (Å²) in [5.41, 5.74) is 1.02. The molecule has 2 aromatic rings. The first-order chi connectivity index (χ1) is 8.90. The molecule has 19 heavy (non-hydrogen) atoms. The Hall–Kier alpha value is -2.17. The Balaban J connectivity index is 2.31. The van der Waals surface area contributed by atoms with Crippen molar-refractivity contribution in [3.63, 3.8) is 0 Å². The van der Waals surface area contributed by atoms with Gasteiger partial charge in [0.05, 0.1) is 11.3 Å². The van der Waals surface area contributed by atoms with Gasteiger partial charge in [-0.25, -0.2) is 8.78 Å². The molecule has 0 unspecified atom stereocenters. The summed E-state index contributed by atoms with van der Waals surface area (Å²) in [6.07, 6.45) is 0. The summed E-state index contributed by atoms with van der Waals surface area (Å²) in [5, 5.41) is 2.41.